The number of hydrogen-bond donors (Lipinski definition) is 2. The first-order chi connectivity index (χ1) is 7.84. The molecule has 0 spiro atoms. The number of hydrogen-bond acceptors (Lipinski definition) is 3. The second-order valence-electron chi connectivity index (χ2n) is 4.37. The fraction of sp³-hybridized carbons (Fsp3) is 0.417. The molecule has 94 valence electrons. The highest BCUT2D eigenvalue weighted by Gasteiger charge is 2.21. The number of benzene rings is 1. The van der Waals surface area contributed by atoms with Gasteiger partial charge in [-0.1, -0.05) is 6.07 Å². The van der Waals surface area contributed by atoms with E-state index in [4.69, 9.17) is 10.5 Å². The molecule has 1 rings (SSSR count). The van der Waals surface area contributed by atoms with Crippen molar-refractivity contribution in [1.29, 1.82) is 0 Å². The summed E-state index contributed by atoms with van der Waals surface area (Å²) in [5.41, 5.74) is 5.33. The van der Waals surface area contributed by atoms with E-state index in [9.17, 15) is 9.18 Å². The Balaban J connectivity index is 2.65. The fourth-order valence-corrected chi connectivity index (χ4v) is 1.23. The molecule has 0 saturated carbocycles. The first-order valence-electron chi connectivity index (χ1n) is 5.24. The summed E-state index contributed by atoms with van der Waals surface area (Å²) in [4.78, 5) is 11.5. The average molecular weight is 240 g/mol. The lowest BCUT2D eigenvalue weighted by molar-refractivity contribution is -0.125. The Morgan fingerprint density at radius 2 is 2.18 bits per heavy atom. The zero-order valence-electron chi connectivity index (χ0n) is 10.2. The summed E-state index contributed by atoms with van der Waals surface area (Å²) in [5.74, 6) is -0.556. The summed E-state index contributed by atoms with van der Waals surface area (Å²) in [5, 5.41) is 2.63. The quantitative estimate of drug-likeness (QED) is 0.830. The van der Waals surface area contributed by atoms with Crippen LogP contribution in [-0.4, -0.2) is 18.6 Å². The molecule has 4 nitrogen and oxygen atoms in total. The summed E-state index contributed by atoms with van der Waals surface area (Å²) in [6.07, 6.45) is 0. The molecular formula is C12H17FN2O2. The lowest BCUT2D eigenvalue weighted by Crippen LogP contribution is -2.48. The van der Waals surface area contributed by atoms with Crippen LogP contribution in [0.1, 0.15) is 19.4 Å². The van der Waals surface area contributed by atoms with E-state index >= 15 is 0 Å². The lowest BCUT2D eigenvalue weighted by Gasteiger charge is -2.17. The molecule has 1 aromatic carbocycles. The van der Waals surface area contributed by atoms with Gasteiger partial charge in [-0.15, -0.1) is 0 Å². The summed E-state index contributed by atoms with van der Waals surface area (Å²) >= 11 is 0. The normalized spacial score (nSPS) is 11.1. The minimum atomic E-state index is -0.939. The number of halogens is 1. The van der Waals surface area contributed by atoms with Crippen LogP contribution in [0.25, 0.3) is 0 Å². The molecule has 0 fully saturated rings. The highest BCUT2D eigenvalue weighted by atomic mass is 19.1. The average Bonchev–Trinajstić information content (AvgIpc) is 2.24. The van der Waals surface area contributed by atoms with E-state index in [2.05, 4.69) is 5.32 Å². The molecule has 0 aliphatic rings. The van der Waals surface area contributed by atoms with Crippen LogP contribution in [0.3, 0.4) is 0 Å². The van der Waals surface area contributed by atoms with Crippen molar-refractivity contribution in [3.05, 3.63) is 29.6 Å². The Morgan fingerprint density at radius 1 is 1.53 bits per heavy atom. The number of methoxy groups -OCH3 is 1. The largest absolute Gasteiger partial charge is 0.494 e. The predicted molar refractivity (Wildman–Crippen MR) is 63.1 cm³/mol. The van der Waals surface area contributed by atoms with Crippen LogP contribution in [-0.2, 0) is 11.3 Å². The van der Waals surface area contributed by atoms with Crippen molar-refractivity contribution in [3.63, 3.8) is 0 Å². The summed E-state index contributed by atoms with van der Waals surface area (Å²) < 4.78 is 18.1. The fourth-order valence-electron chi connectivity index (χ4n) is 1.23. The monoisotopic (exact) mass is 240 g/mol. The first kappa shape index (κ1) is 13.4. The van der Waals surface area contributed by atoms with Gasteiger partial charge in [0.05, 0.1) is 12.6 Å². The molecule has 5 heteroatoms. The van der Waals surface area contributed by atoms with Gasteiger partial charge >= 0.3 is 0 Å². The van der Waals surface area contributed by atoms with Gasteiger partial charge in [-0.25, -0.2) is 4.39 Å². The van der Waals surface area contributed by atoms with E-state index < -0.39 is 11.4 Å². The minimum absolute atomic E-state index is 0.180. The smallest absolute Gasteiger partial charge is 0.239 e. The van der Waals surface area contributed by atoms with Gasteiger partial charge in [0.15, 0.2) is 11.6 Å². The molecule has 0 aliphatic heterocycles. The van der Waals surface area contributed by atoms with Gasteiger partial charge in [0.25, 0.3) is 0 Å². The van der Waals surface area contributed by atoms with Gasteiger partial charge in [0.2, 0.25) is 5.91 Å². The minimum Gasteiger partial charge on any atom is -0.494 e. The summed E-state index contributed by atoms with van der Waals surface area (Å²) in [6, 6.07) is 4.53. The third kappa shape index (κ3) is 3.71. The van der Waals surface area contributed by atoms with Crippen molar-refractivity contribution in [1.82, 2.24) is 5.32 Å². The van der Waals surface area contributed by atoms with E-state index in [0.717, 1.165) is 0 Å². The molecule has 17 heavy (non-hydrogen) atoms. The summed E-state index contributed by atoms with van der Waals surface area (Å²) in [7, 11) is 1.40. The zero-order valence-corrected chi connectivity index (χ0v) is 10.2. The molecular weight excluding hydrogens is 223 g/mol. The maximum absolute atomic E-state index is 13.3. The van der Waals surface area contributed by atoms with E-state index in [1.165, 1.54) is 19.2 Å². The van der Waals surface area contributed by atoms with Crippen LogP contribution in [0.2, 0.25) is 0 Å². The molecule has 0 atom stereocenters. The molecule has 1 aromatic rings. The molecule has 1 amide bonds. The van der Waals surface area contributed by atoms with Crippen molar-refractivity contribution in [3.8, 4) is 5.75 Å². The van der Waals surface area contributed by atoms with Crippen molar-refractivity contribution in [2.45, 2.75) is 25.9 Å². The first-order valence-corrected chi connectivity index (χ1v) is 5.24. The third-order valence-electron chi connectivity index (χ3n) is 2.25. The second kappa shape index (κ2) is 5.14. The molecule has 3 N–H and O–H groups in total. The SMILES string of the molecule is COc1ccc(CNC(=O)C(C)(C)N)cc1F. The van der Waals surface area contributed by atoms with Crippen LogP contribution < -0.4 is 15.8 Å². The molecule has 0 heterocycles. The molecule has 0 aromatic heterocycles. The highest BCUT2D eigenvalue weighted by Crippen LogP contribution is 2.17. The van der Waals surface area contributed by atoms with Gasteiger partial charge < -0.3 is 15.8 Å². The van der Waals surface area contributed by atoms with Crippen LogP contribution >= 0.6 is 0 Å². The molecule has 0 unspecified atom stereocenters. The predicted octanol–water partition coefficient (Wildman–Crippen LogP) is 1.19. The van der Waals surface area contributed by atoms with Crippen molar-refractivity contribution < 1.29 is 13.9 Å². The number of amides is 1. The van der Waals surface area contributed by atoms with E-state index in [1.807, 2.05) is 0 Å². The van der Waals surface area contributed by atoms with E-state index in [0.29, 0.717) is 5.56 Å². The molecule has 0 radical (unpaired) electrons. The number of nitrogens with two attached hydrogens (primary N) is 1. The van der Waals surface area contributed by atoms with Gasteiger partial charge in [0, 0.05) is 6.54 Å². The van der Waals surface area contributed by atoms with Crippen molar-refractivity contribution in [2.24, 2.45) is 5.73 Å². The number of carbonyl (C=O) groups is 1. The zero-order chi connectivity index (χ0) is 13.1. The van der Waals surface area contributed by atoms with Crippen LogP contribution in [0.5, 0.6) is 5.75 Å². The van der Waals surface area contributed by atoms with Crippen molar-refractivity contribution in [2.75, 3.05) is 7.11 Å². The number of rotatable bonds is 4. The number of carbonyl (C=O) groups excluding carboxylic acids is 1. The standard InChI is InChI=1S/C12H17FN2O2/c1-12(2,14)11(16)15-7-8-4-5-10(17-3)9(13)6-8/h4-6H,7,14H2,1-3H3,(H,15,16). The maximum Gasteiger partial charge on any atom is 0.239 e. The Labute approximate surface area is 100.0 Å². The topological polar surface area (TPSA) is 64.3 Å². The van der Waals surface area contributed by atoms with Gasteiger partial charge in [-0.3, -0.25) is 4.79 Å². The Morgan fingerprint density at radius 3 is 2.65 bits per heavy atom. The molecule has 0 aliphatic carbocycles. The molecule has 0 saturated heterocycles. The van der Waals surface area contributed by atoms with E-state index in [1.54, 1.807) is 19.9 Å². The third-order valence-corrected chi connectivity index (χ3v) is 2.25. The number of nitrogens with one attached hydrogen (secondary N) is 1. The van der Waals surface area contributed by atoms with Crippen LogP contribution in [0.4, 0.5) is 4.39 Å². The Hall–Kier alpha value is -1.62. The van der Waals surface area contributed by atoms with Gasteiger partial charge in [-0.05, 0) is 31.5 Å². The maximum atomic E-state index is 13.3. The Kier molecular flexibility index (Phi) is 4.07. The second-order valence-corrected chi connectivity index (χ2v) is 4.37. The molecule has 0 bridgehead atoms. The lowest BCUT2D eigenvalue weighted by atomic mass is 10.1. The van der Waals surface area contributed by atoms with E-state index in [-0.39, 0.29) is 18.2 Å². The Bertz CT molecular complexity index is 413. The van der Waals surface area contributed by atoms with Crippen LogP contribution in [0, 0.1) is 5.82 Å². The summed E-state index contributed by atoms with van der Waals surface area (Å²) in [6.45, 7) is 3.45. The van der Waals surface area contributed by atoms with Gasteiger partial charge in [-0.2, -0.15) is 0 Å². The van der Waals surface area contributed by atoms with Crippen LogP contribution in [0.15, 0.2) is 18.2 Å². The van der Waals surface area contributed by atoms with Gasteiger partial charge in [0.1, 0.15) is 0 Å². The highest BCUT2D eigenvalue weighted by molar-refractivity contribution is 5.84. The van der Waals surface area contributed by atoms with Crippen molar-refractivity contribution >= 4 is 5.91 Å². The number of ether oxygens (including phenoxy) is 1.